The molecule has 6 nitrogen and oxygen atoms in total. The Balaban J connectivity index is 1.71. The molecule has 0 bridgehead atoms. The lowest BCUT2D eigenvalue weighted by molar-refractivity contribution is -0.129. The van der Waals surface area contributed by atoms with E-state index in [0.29, 0.717) is 25.1 Å². The quantitative estimate of drug-likeness (QED) is 0.709. The Labute approximate surface area is 111 Å². The second kappa shape index (κ2) is 4.22. The number of hydrogen-bond donors (Lipinski definition) is 2. The number of imide groups is 1. The molecule has 1 aromatic rings. The number of nitrogens with one attached hydrogen (secondary N) is 1. The van der Waals surface area contributed by atoms with E-state index in [1.807, 2.05) is 6.07 Å². The molecule has 6 heteroatoms. The SMILES string of the molecule is Nc1ccc(N2CCC3(CC2)CC(=O)NC3=O)cn1. The molecule has 1 spiro atoms. The molecule has 100 valence electrons. The van der Waals surface area contributed by atoms with Crippen LogP contribution in [0.4, 0.5) is 11.5 Å². The minimum absolute atomic E-state index is 0.104. The van der Waals surface area contributed by atoms with Crippen molar-refractivity contribution in [2.75, 3.05) is 23.7 Å². The van der Waals surface area contributed by atoms with Crippen LogP contribution in [0.25, 0.3) is 0 Å². The zero-order chi connectivity index (χ0) is 13.5. The van der Waals surface area contributed by atoms with Gasteiger partial charge in [0.05, 0.1) is 17.3 Å². The molecule has 3 heterocycles. The van der Waals surface area contributed by atoms with Crippen LogP contribution >= 0.6 is 0 Å². The standard InChI is InChI=1S/C13H16N4O2/c14-10-2-1-9(8-15-10)17-5-3-13(4-6-17)7-11(18)16-12(13)19/h1-2,8H,3-7H2,(H2,14,15)(H,16,18,19). The van der Waals surface area contributed by atoms with Gasteiger partial charge in [0.1, 0.15) is 5.82 Å². The lowest BCUT2D eigenvalue weighted by atomic mass is 9.77. The summed E-state index contributed by atoms with van der Waals surface area (Å²) in [7, 11) is 0. The minimum atomic E-state index is -0.477. The summed E-state index contributed by atoms with van der Waals surface area (Å²) in [4.78, 5) is 29.5. The van der Waals surface area contributed by atoms with Crippen molar-refractivity contribution in [3.63, 3.8) is 0 Å². The van der Waals surface area contributed by atoms with Gasteiger partial charge < -0.3 is 10.6 Å². The second-order valence-corrected chi connectivity index (χ2v) is 5.26. The largest absolute Gasteiger partial charge is 0.384 e. The molecule has 1 aromatic heterocycles. The predicted molar refractivity (Wildman–Crippen MR) is 70.3 cm³/mol. The van der Waals surface area contributed by atoms with Crippen molar-refractivity contribution in [1.29, 1.82) is 0 Å². The van der Waals surface area contributed by atoms with E-state index in [2.05, 4.69) is 15.2 Å². The molecular weight excluding hydrogens is 244 g/mol. The zero-order valence-electron chi connectivity index (χ0n) is 10.6. The summed E-state index contributed by atoms with van der Waals surface area (Å²) in [6.45, 7) is 1.51. The molecule has 0 unspecified atom stereocenters. The van der Waals surface area contributed by atoms with Crippen molar-refractivity contribution in [3.8, 4) is 0 Å². The molecule has 2 saturated heterocycles. The summed E-state index contributed by atoms with van der Waals surface area (Å²) in [6, 6.07) is 3.70. The molecule has 0 aromatic carbocycles. The van der Waals surface area contributed by atoms with E-state index in [1.54, 1.807) is 12.3 Å². The van der Waals surface area contributed by atoms with Gasteiger partial charge in [0, 0.05) is 19.5 Å². The van der Waals surface area contributed by atoms with Crippen LogP contribution in [-0.2, 0) is 9.59 Å². The number of carbonyl (C=O) groups is 2. The predicted octanol–water partition coefficient (Wildman–Crippen LogP) is 0.297. The Hall–Kier alpha value is -2.11. The number of aromatic nitrogens is 1. The van der Waals surface area contributed by atoms with E-state index in [-0.39, 0.29) is 11.8 Å². The first-order valence-electron chi connectivity index (χ1n) is 6.40. The topological polar surface area (TPSA) is 88.3 Å². The van der Waals surface area contributed by atoms with Crippen LogP contribution in [0.1, 0.15) is 19.3 Å². The van der Waals surface area contributed by atoms with Crippen molar-refractivity contribution in [1.82, 2.24) is 10.3 Å². The molecule has 2 fully saturated rings. The van der Waals surface area contributed by atoms with Gasteiger partial charge in [0.15, 0.2) is 0 Å². The Bertz CT molecular complexity index is 518. The number of nitrogens with two attached hydrogens (primary N) is 1. The maximum Gasteiger partial charge on any atom is 0.233 e. The van der Waals surface area contributed by atoms with Crippen LogP contribution in [0.15, 0.2) is 18.3 Å². The Morgan fingerprint density at radius 3 is 2.53 bits per heavy atom. The molecule has 0 radical (unpaired) electrons. The number of hydrogen-bond acceptors (Lipinski definition) is 5. The highest BCUT2D eigenvalue weighted by atomic mass is 16.2. The molecule has 3 N–H and O–H groups in total. The van der Waals surface area contributed by atoms with Crippen LogP contribution in [0.5, 0.6) is 0 Å². The fourth-order valence-electron chi connectivity index (χ4n) is 2.87. The van der Waals surface area contributed by atoms with E-state index < -0.39 is 5.41 Å². The molecule has 2 aliphatic rings. The summed E-state index contributed by atoms with van der Waals surface area (Å²) < 4.78 is 0. The summed E-state index contributed by atoms with van der Waals surface area (Å²) in [5.41, 5.74) is 6.09. The lowest BCUT2D eigenvalue weighted by Crippen LogP contribution is -2.44. The highest BCUT2D eigenvalue weighted by molar-refractivity contribution is 6.06. The summed E-state index contributed by atoms with van der Waals surface area (Å²) in [6.07, 6.45) is 3.48. The van der Waals surface area contributed by atoms with Crippen molar-refractivity contribution in [2.24, 2.45) is 5.41 Å². The molecule has 2 aliphatic heterocycles. The first kappa shape index (κ1) is 12.0. The zero-order valence-corrected chi connectivity index (χ0v) is 10.6. The second-order valence-electron chi connectivity index (χ2n) is 5.26. The van der Waals surface area contributed by atoms with Crippen molar-refractivity contribution < 1.29 is 9.59 Å². The smallest absolute Gasteiger partial charge is 0.233 e. The highest BCUT2D eigenvalue weighted by Gasteiger charge is 2.48. The molecular formula is C13H16N4O2. The fraction of sp³-hybridized carbons (Fsp3) is 0.462. The number of nitrogen functional groups attached to an aromatic ring is 1. The average Bonchev–Trinajstić information content (AvgIpc) is 2.66. The van der Waals surface area contributed by atoms with E-state index >= 15 is 0 Å². The number of anilines is 2. The van der Waals surface area contributed by atoms with Gasteiger partial charge in [0.25, 0.3) is 0 Å². The van der Waals surface area contributed by atoms with Crippen molar-refractivity contribution in [2.45, 2.75) is 19.3 Å². The van der Waals surface area contributed by atoms with Crippen molar-refractivity contribution >= 4 is 23.3 Å². The third-order valence-electron chi connectivity index (χ3n) is 4.09. The van der Waals surface area contributed by atoms with Gasteiger partial charge in [-0.05, 0) is 25.0 Å². The fourth-order valence-corrected chi connectivity index (χ4v) is 2.87. The molecule has 2 amide bonds. The number of rotatable bonds is 1. The molecule has 0 aliphatic carbocycles. The van der Waals surface area contributed by atoms with Gasteiger partial charge in [-0.3, -0.25) is 14.9 Å². The van der Waals surface area contributed by atoms with Gasteiger partial charge in [-0.1, -0.05) is 0 Å². The van der Waals surface area contributed by atoms with E-state index in [9.17, 15) is 9.59 Å². The normalized spacial score (nSPS) is 21.8. The highest BCUT2D eigenvalue weighted by Crippen LogP contribution is 2.39. The van der Waals surface area contributed by atoms with E-state index in [4.69, 9.17) is 5.73 Å². The van der Waals surface area contributed by atoms with Gasteiger partial charge in [0.2, 0.25) is 11.8 Å². The molecule has 19 heavy (non-hydrogen) atoms. The maximum absolute atomic E-state index is 11.9. The summed E-state index contributed by atoms with van der Waals surface area (Å²) >= 11 is 0. The summed E-state index contributed by atoms with van der Waals surface area (Å²) in [5.74, 6) is 0.248. The Kier molecular flexibility index (Phi) is 2.66. The van der Waals surface area contributed by atoms with Crippen molar-refractivity contribution in [3.05, 3.63) is 18.3 Å². The monoisotopic (exact) mass is 260 g/mol. The molecule has 0 atom stereocenters. The molecule has 0 saturated carbocycles. The number of pyridine rings is 1. The minimum Gasteiger partial charge on any atom is -0.384 e. The number of amides is 2. The Morgan fingerprint density at radius 2 is 2.00 bits per heavy atom. The van der Waals surface area contributed by atoms with Gasteiger partial charge in [-0.15, -0.1) is 0 Å². The lowest BCUT2D eigenvalue weighted by Gasteiger charge is -2.37. The first-order valence-corrected chi connectivity index (χ1v) is 6.40. The van der Waals surface area contributed by atoms with Gasteiger partial charge >= 0.3 is 0 Å². The van der Waals surface area contributed by atoms with Crippen LogP contribution in [0.3, 0.4) is 0 Å². The number of piperidine rings is 1. The first-order chi connectivity index (χ1) is 9.09. The van der Waals surface area contributed by atoms with Gasteiger partial charge in [-0.25, -0.2) is 4.98 Å². The maximum atomic E-state index is 11.9. The van der Waals surface area contributed by atoms with Crippen LogP contribution in [0.2, 0.25) is 0 Å². The van der Waals surface area contributed by atoms with Crippen LogP contribution < -0.4 is 16.0 Å². The third kappa shape index (κ3) is 2.03. The number of nitrogens with zero attached hydrogens (tertiary/aromatic N) is 2. The van der Waals surface area contributed by atoms with Gasteiger partial charge in [-0.2, -0.15) is 0 Å². The molecule has 3 rings (SSSR count). The average molecular weight is 260 g/mol. The Morgan fingerprint density at radius 1 is 1.26 bits per heavy atom. The third-order valence-corrected chi connectivity index (χ3v) is 4.09. The van der Waals surface area contributed by atoms with Crippen LogP contribution in [0, 0.1) is 5.41 Å². The van der Waals surface area contributed by atoms with Crippen LogP contribution in [-0.4, -0.2) is 29.9 Å². The summed E-state index contributed by atoms with van der Waals surface area (Å²) in [5, 5.41) is 2.41. The van der Waals surface area contributed by atoms with E-state index in [1.165, 1.54) is 0 Å². The number of carbonyl (C=O) groups excluding carboxylic acids is 2. The van der Waals surface area contributed by atoms with E-state index in [0.717, 1.165) is 18.8 Å².